The molecular formula is C31H24N4. The molecule has 3 heterocycles. The van der Waals surface area contributed by atoms with Gasteiger partial charge in [-0.2, -0.15) is 0 Å². The number of fused-ring (bicyclic) bond motifs is 6. The molecule has 0 N–H and O–H groups in total. The molecule has 4 heteroatoms. The molecule has 0 bridgehead atoms. The van der Waals surface area contributed by atoms with Crippen molar-refractivity contribution in [2.45, 2.75) is 20.8 Å². The average molecular weight is 453 g/mol. The van der Waals surface area contributed by atoms with Crippen molar-refractivity contribution in [2.24, 2.45) is 0 Å². The van der Waals surface area contributed by atoms with Crippen LogP contribution in [0.25, 0.3) is 55.2 Å². The standard InChI is InChI=1S/C31H24N4/c1-19-12-14-28-24(16-19)22-8-4-6-10-26(22)34(28)30-18-31(33-21(3)32-30)35-27-11-7-5-9-23(27)25-17-20(2)13-15-29(25)35/h4-18H,1-3H3. The van der Waals surface area contributed by atoms with E-state index in [1.807, 2.05) is 6.92 Å². The summed E-state index contributed by atoms with van der Waals surface area (Å²) in [6.45, 7) is 6.26. The van der Waals surface area contributed by atoms with E-state index < -0.39 is 0 Å². The van der Waals surface area contributed by atoms with Gasteiger partial charge in [-0.1, -0.05) is 59.7 Å². The number of aromatic nitrogens is 4. The number of hydrogen-bond acceptors (Lipinski definition) is 2. The van der Waals surface area contributed by atoms with Crippen LogP contribution >= 0.6 is 0 Å². The van der Waals surface area contributed by atoms with Gasteiger partial charge in [-0.3, -0.25) is 9.13 Å². The highest BCUT2D eigenvalue weighted by atomic mass is 15.1. The third kappa shape index (κ3) is 2.93. The van der Waals surface area contributed by atoms with Gasteiger partial charge < -0.3 is 0 Å². The Labute approximate surface area is 203 Å². The second-order valence-corrected chi connectivity index (χ2v) is 9.38. The molecule has 0 atom stereocenters. The Morgan fingerprint density at radius 3 is 1.37 bits per heavy atom. The minimum atomic E-state index is 0.744. The molecule has 0 saturated heterocycles. The molecule has 0 saturated carbocycles. The van der Waals surface area contributed by atoms with Crippen LogP contribution in [0.3, 0.4) is 0 Å². The molecule has 7 aromatic rings. The summed E-state index contributed by atoms with van der Waals surface area (Å²) in [6.07, 6.45) is 0. The second kappa shape index (κ2) is 7.28. The van der Waals surface area contributed by atoms with Crippen molar-refractivity contribution in [3.05, 3.63) is 108 Å². The second-order valence-electron chi connectivity index (χ2n) is 9.38. The molecule has 0 aliphatic heterocycles. The van der Waals surface area contributed by atoms with Crippen LogP contribution in [-0.4, -0.2) is 19.1 Å². The van der Waals surface area contributed by atoms with Crippen LogP contribution in [0.5, 0.6) is 0 Å². The summed E-state index contributed by atoms with van der Waals surface area (Å²) in [5.74, 6) is 2.50. The van der Waals surface area contributed by atoms with Crippen molar-refractivity contribution >= 4 is 43.6 Å². The van der Waals surface area contributed by atoms with Crippen LogP contribution in [0.4, 0.5) is 0 Å². The lowest BCUT2D eigenvalue weighted by Gasteiger charge is -2.12. The summed E-state index contributed by atoms with van der Waals surface area (Å²) in [4.78, 5) is 9.84. The summed E-state index contributed by atoms with van der Waals surface area (Å²) in [5.41, 5.74) is 7.10. The highest BCUT2D eigenvalue weighted by Gasteiger charge is 2.17. The molecule has 3 aromatic heterocycles. The molecule has 0 aliphatic carbocycles. The van der Waals surface area contributed by atoms with Crippen molar-refractivity contribution < 1.29 is 0 Å². The van der Waals surface area contributed by atoms with E-state index in [4.69, 9.17) is 9.97 Å². The topological polar surface area (TPSA) is 35.6 Å². The van der Waals surface area contributed by atoms with Gasteiger partial charge in [-0.05, 0) is 57.2 Å². The van der Waals surface area contributed by atoms with Crippen molar-refractivity contribution in [1.29, 1.82) is 0 Å². The number of aryl methyl sites for hydroxylation is 3. The van der Waals surface area contributed by atoms with E-state index in [2.05, 4.69) is 114 Å². The number of nitrogens with zero attached hydrogens (tertiary/aromatic N) is 4. The summed E-state index contributed by atoms with van der Waals surface area (Å²) in [6, 6.07) is 32.5. The predicted octanol–water partition coefficient (Wildman–Crippen LogP) is 7.60. The van der Waals surface area contributed by atoms with Crippen LogP contribution in [-0.2, 0) is 0 Å². The maximum absolute atomic E-state index is 4.92. The van der Waals surface area contributed by atoms with Crippen LogP contribution in [0.15, 0.2) is 91.0 Å². The molecular weight excluding hydrogens is 428 g/mol. The van der Waals surface area contributed by atoms with Gasteiger partial charge >= 0.3 is 0 Å². The van der Waals surface area contributed by atoms with Crippen molar-refractivity contribution in [3.8, 4) is 11.6 Å². The van der Waals surface area contributed by atoms with E-state index in [0.717, 1.165) is 39.5 Å². The fourth-order valence-corrected chi connectivity index (χ4v) is 5.43. The molecule has 0 amide bonds. The van der Waals surface area contributed by atoms with Crippen molar-refractivity contribution in [3.63, 3.8) is 0 Å². The normalized spacial score (nSPS) is 11.9. The molecule has 0 radical (unpaired) electrons. The number of para-hydroxylation sites is 2. The minimum absolute atomic E-state index is 0.744. The summed E-state index contributed by atoms with van der Waals surface area (Å²) < 4.78 is 4.53. The first-order valence-corrected chi connectivity index (χ1v) is 11.9. The Bertz CT molecular complexity index is 1800. The first kappa shape index (κ1) is 20.0. The van der Waals surface area contributed by atoms with Gasteiger partial charge in [-0.25, -0.2) is 9.97 Å². The van der Waals surface area contributed by atoms with Crippen LogP contribution < -0.4 is 0 Å². The van der Waals surface area contributed by atoms with Gasteiger partial charge in [0.15, 0.2) is 0 Å². The number of rotatable bonds is 2. The summed E-state index contributed by atoms with van der Waals surface area (Å²) >= 11 is 0. The molecule has 168 valence electrons. The lowest BCUT2D eigenvalue weighted by Crippen LogP contribution is -2.06. The maximum atomic E-state index is 4.92. The smallest absolute Gasteiger partial charge is 0.143 e. The van der Waals surface area contributed by atoms with E-state index in [1.165, 1.54) is 32.7 Å². The third-order valence-corrected chi connectivity index (χ3v) is 6.93. The van der Waals surface area contributed by atoms with Crippen molar-refractivity contribution in [1.82, 2.24) is 19.1 Å². The van der Waals surface area contributed by atoms with E-state index >= 15 is 0 Å². The highest BCUT2D eigenvalue weighted by molar-refractivity contribution is 6.10. The molecule has 4 nitrogen and oxygen atoms in total. The molecule has 35 heavy (non-hydrogen) atoms. The van der Waals surface area contributed by atoms with Gasteiger partial charge in [0.25, 0.3) is 0 Å². The molecule has 0 spiro atoms. The Hall–Kier alpha value is -4.44. The van der Waals surface area contributed by atoms with Gasteiger partial charge in [0, 0.05) is 27.6 Å². The molecule has 4 aromatic carbocycles. The zero-order chi connectivity index (χ0) is 23.7. The Morgan fingerprint density at radius 2 is 0.886 bits per heavy atom. The van der Waals surface area contributed by atoms with E-state index in [1.54, 1.807) is 0 Å². The third-order valence-electron chi connectivity index (χ3n) is 6.93. The lowest BCUT2D eigenvalue weighted by molar-refractivity contribution is 0.939. The first-order valence-electron chi connectivity index (χ1n) is 11.9. The Balaban J connectivity index is 1.57. The summed E-state index contributed by atoms with van der Waals surface area (Å²) in [5, 5.41) is 4.95. The largest absolute Gasteiger partial charge is 0.294 e. The zero-order valence-electron chi connectivity index (χ0n) is 19.9. The molecule has 0 fully saturated rings. The molecule has 0 aliphatic rings. The SMILES string of the molecule is Cc1ccc2c(c1)c1ccccc1n2-c1cc(-n2c3ccccc3c3cc(C)ccc32)nc(C)n1. The lowest BCUT2D eigenvalue weighted by atomic mass is 10.1. The van der Waals surface area contributed by atoms with Crippen LogP contribution in [0.1, 0.15) is 17.0 Å². The molecule has 0 unspecified atom stereocenters. The maximum Gasteiger partial charge on any atom is 0.143 e. The Kier molecular flexibility index (Phi) is 4.15. The van der Waals surface area contributed by atoms with E-state index in [0.29, 0.717) is 0 Å². The fourth-order valence-electron chi connectivity index (χ4n) is 5.43. The summed E-state index contributed by atoms with van der Waals surface area (Å²) in [7, 11) is 0. The van der Waals surface area contributed by atoms with Crippen molar-refractivity contribution in [2.75, 3.05) is 0 Å². The highest BCUT2D eigenvalue weighted by Crippen LogP contribution is 2.35. The van der Waals surface area contributed by atoms with Gasteiger partial charge in [-0.15, -0.1) is 0 Å². The number of benzene rings is 4. The van der Waals surface area contributed by atoms with Crippen LogP contribution in [0, 0.1) is 20.8 Å². The Morgan fingerprint density at radius 1 is 0.457 bits per heavy atom. The fraction of sp³-hybridized carbons (Fsp3) is 0.0968. The van der Waals surface area contributed by atoms with Crippen LogP contribution in [0.2, 0.25) is 0 Å². The molecule has 7 rings (SSSR count). The average Bonchev–Trinajstić information content (AvgIpc) is 3.36. The predicted molar refractivity (Wildman–Crippen MR) is 145 cm³/mol. The van der Waals surface area contributed by atoms with Gasteiger partial charge in [0.2, 0.25) is 0 Å². The van der Waals surface area contributed by atoms with Gasteiger partial charge in [0.05, 0.1) is 22.1 Å². The number of hydrogen-bond donors (Lipinski definition) is 0. The first-order chi connectivity index (χ1) is 17.1. The zero-order valence-corrected chi connectivity index (χ0v) is 19.9. The quantitative estimate of drug-likeness (QED) is 0.271. The monoisotopic (exact) mass is 452 g/mol. The minimum Gasteiger partial charge on any atom is -0.294 e. The van der Waals surface area contributed by atoms with E-state index in [9.17, 15) is 0 Å². The van der Waals surface area contributed by atoms with E-state index in [-0.39, 0.29) is 0 Å². The van der Waals surface area contributed by atoms with Gasteiger partial charge in [0.1, 0.15) is 17.5 Å².